The van der Waals surface area contributed by atoms with Gasteiger partial charge in [-0.05, 0) is 38.0 Å². The molecule has 1 aromatic carbocycles. The monoisotopic (exact) mass is 267 g/mol. The average molecular weight is 267 g/mol. The zero-order valence-electron chi connectivity index (χ0n) is 12.3. The van der Waals surface area contributed by atoms with Crippen molar-refractivity contribution in [1.82, 2.24) is 5.32 Å². The van der Waals surface area contributed by atoms with Crippen molar-refractivity contribution in [2.45, 2.75) is 45.9 Å². The first-order valence-electron chi connectivity index (χ1n) is 6.79. The highest BCUT2D eigenvalue weighted by Gasteiger charge is 2.07. The van der Waals surface area contributed by atoms with Gasteiger partial charge in [-0.2, -0.15) is 0 Å². The molecule has 0 saturated heterocycles. The second kappa shape index (κ2) is 8.02. The molecule has 0 saturated carbocycles. The number of aliphatic hydroxyl groups is 1. The molecule has 0 spiro atoms. The number of nitrogens with one attached hydrogen (secondary N) is 1. The molecule has 0 aliphatic carbocycles. The summed E-state index contributed by atoms with van der Waals surface area (Å²) in [6.07, 6.45) is 0.598. The molecule has 0 heterocycles. The molecule has 0 bridgehead atoms. The number of rotatable bonds is 8. The van der Waals surface area contributed by atoms with Crippen LogP contribution in [-0.4, -0.2) is 31.0 Å². The number of hydrogen-bond acceptors (Lipinski definition) is 4. The van der Waals surface area contributed by atoms with E-state index in [0.29, 0.717) is 13.1 Å². The highest BCUT2D eigenvalue weighted by Crippen LogP contribution is 2.28. The maximum absolute atomic E-state index is 9.47. The number of ether oxygens (including phenoxy) is 2. The topological polar surface area (TPSA) is 50.7 Å². The third-order valence-electron chi connectivity index (χ3n) is 2.77. The molecule has 0 aromatic heterocycles. The lowest BCUT2D eigenvalue weighted by Crippen LogP contribution is -2.25. The normalized spacial score (nSPS) is 12.5. The Labute approximate surface area is 115 Å². The van der Waals surface area contributed by atoms with E-state index in [2.05, 4.69) is 5.32 Å². The molecule has 108 valence electrons. The average Bonchev–Trinajstić information content (AvgIpc) is 2.39. The fraction of sp³-hybridized carbons (Fsp3) is 0.600. The summed E-state index contributed by atoms with van der Waals surface area (Å²) in [5.74, 6) is 1.50. The summed E-state index contributed by atoms with van der Waals surface area (Å²) in [6.45, 7) is 7.24. The highest BCUT2D eigenvalue weighted by molar-refractivity contribution is 5.43. The lowest BCUT2D eigenvalue weighted by Gasteiger charge is -2.15. The van der Waals surface area contributed by atoms with E-state index >= 15 is 0 Å². The van der Waals surface area contributed by atoms with Gasteiger partial charge in [0.25, 0.3) is 0 Å². The van der Waals surface area contributed by atoms with Crippen LogP contribution >= 0.6 is 0 Å². The summed E-state index contributed by atoms with van der Waals surface area (Å²) in [4.78, 5) is 0. The van der Waals surface area contributed by atoms with E-state index in [-0.39, 0.29) is 12.2 Å². The Morgan fingerprint density at radius 3 is 2.58 bits per heavy atom. The second-order valence-corrected chi connectivity index (χ2v) is 4.84. The van der Waals surface area contributed by atoms with Gasteiger partial charge in [-0.3, -0.25) is 0 Å². The SMILES string of the molecule is CCC(O)CNCc1ccc(OC(C)C)c(OC)c1. The lowest BCUT2D eigenvalue weighted by molar-refractivity contribution is 0.167. The second-order valence-electron chi connectivity index (χ2n) is 4.84. The van der Waals surface area contributed by atoms with E-state index in [1.807, 2.05) is 39.0 Å². The Morgan fingerprint density at radius 1 is 1.26 bits per heavy atom. The van der Waals surface area contributed by atoms with Gasteiger partial charge in [0.05, 0.1) is 19.3 Å². The van der Waals surface area contributed by atoms with Crippen LogP contribution in [0.4, 0.5) is 0 Å². The van der Waals surface area contributed by atoms with Gasteiger partial charge in [-0.1, -0.05) is 13.0 Å². The van der Waals surface area contributed by atoms with Crippen LogP contribution in [0.5, 0.6) is 11.5 Å². The maximum atomic E-state index is 9.47. The van der Waals surface area contributed by atoms with Crippen molar-refractivity contribution in [2.24, 2.45) is 0 Å². The van der Waals surface area contributed by atoms with Gasteiger partial charge in [0.1, 0.15) is 0 Å². The van der Waals surface area contributed by atoms with E-state index < -0.39 is 0 Å². The van der Waals surface area contributed by atoms with Crippen molar-refractivity contribution in [1.29, 1.82) is 0 Å². The van der Waals surface area contributed by atoms with Crippen LogP contribution in [0, 0.1) is 0 Å². The van der Waals surface area contributed by atoms with Crippen molar-refractivity contribution in [2.75, 3.05) is 13.7 Å². The maximum Gasteiger partial charge on any atom is 0.161 e. The Morgan fingerprint density at radius 2 is 2.00 bits per heavy atom. The Kier molecular flexibility index (Phi) is 6.67. The fourth-order valence-corrected chi connectivity index (χ4v) is 1.70. The van der Waals surface area contributed by atoms with Gasteiger partial charge in [-0.25, -0.2) is 0 Å². The van der Waals surface area contributed by atoms with Crippen LogP contribution in [0.25, 0.3) is 0 Å². The van der Waals surface area contributed by atoms with Crippen molar-refractivity contribution < 1.29 is 14.6 Å². The molecule has 4 heteroatoms. The summed E-state index contributed by atoms with van der Waals surface area (Å²) in [7, 11) is 1.64. The van der Waals surface area contributed by atoms with Gasteiger partial charge in [0.2, 0.25) is 0 Å². The molecule has 2 N–H and O–H groups in total. The molecule has 0 radical (unpaired) electrons. The molecular weight excluding hydrogens is 242 g/mol. The molecule has 0 amide bonds. The van der Waals surface area contributed by atoms with Crippen molar-refractivity contribution in [3.63, 3.8) is 0 Å². The van der Waals surface area contributed by atoms with Crippen molar-refractivity contribution >= 4 is 0 Å². The number of benzene rings is 1. The Hall–Kier alpha value is -1.26. The zero-order chi connectivity index (χ0) is 14.3. The van der Waals surface area contributed by atoms with Crippen molar-refractivity contribution in [3.8, 4) is 11.5 Å². The highest BCUT2D eigenvalue weighted by atomic mass is 16.5. The van der Waals surface area contributed by atoms with E-state index in [4.69, 9.17) is 9.47 Å². The van der Waals surface area contributed by atoms with Gasteiger partial charge in [-0.15, -0.1) is 0 Å². The molecule has 1 aromatic rings. The van der Waals surface area contributed by atoms with E-state index in [9.17, 15) is 5.11 Å². The molecule has 1 unspecified atom stereocenters. The smallest absolute Gasteiger partial charge is 0.161 e. The minimum atomic E-state index is -0.287. The lowest BCUT2D eigenvalue weighted by atomic mass is 10.2. The molecule has 4 nitrogen and oxygen atoms in total. The fourth-order valence-electron chi connectivity index (χ4n) is 1.70. The molecule has 1 atom stereocenters. The van der Waals surface area contributed by atoms with Crippen LogP contribution in [0.1, 0.15) is 32.8 Å². The quantitative estimate of drug-likeness (QED) is 0.759. The van der Waals surface area contributed by atoms with Gasteiger partial charge in [0, 0.05) is 13.1 Å². The van der Waals surface area contributed by atoms with Gasteiger partial charge >= 0.3 is 0 Å². The van der Waals surface area contributed by atoms with Gasteiger partial charge in [0.15, 0.2) is 11.5 Å². The first-order valence-corrected chi connectivity index (χ1v) is 6.79. The van der Waals surface area contributed by atoms with Crippen LogP contribution in [-0.2, 0) is 6.54 Å². The van der Waals surface area contributed by atoms with E-state index in [1.165, 1.54) is 0 Å². The Balaban J connectivity index is 2.61. The molecule has 0 fully saturated rings. The third-order valence-corrected chi connectivity index (χ3v) is 2.77. The van der Waals surface area contributed by atoms with Crippen LogP contribution in [0.3, 0.4) is 0 Å². The number of methoxy groups -OCH3 is 1. The summed E-state index contributed by atoms with van der Waals surface area (Å²) < 4.78 is 11.0. The predicted octanol–water partition coefficient (Wildman–Crippen LogP) is 2.34. The summed E-state index contributed by atoms with van der Waals surface area (Å²) in [6, 6.07) is 5.89. The molecule has 0 aliphatic rings. The first kappa shape index (κ1) is 15.8. The standard InChI is InChI=1S/C15H25NO3/c1-5-13(17)10-16-9-12-6-7-14(19-11(2)3)15(8-12)18-4/h6-8,11,13,16-17H,5,9-10H2,1-4H3. The molecule has 0 aliphatic heterocycles. The van der Waals surface area contributed by atoms with Crippen LogP contribution < -0.4 is 14.8 Å². The molecule has 1 rings (SSSR count). The minimum absolute atomic E-state index is 0.123. The first-order chi connectivity index (χ1) is 9.06. The number of aliphatic hydroxyl groups excluding tert-OH is 1. The van der Waals surface area contributed by atoms with Crippen molar-refractivity contribution in [3.05, 3.63) is 23.8 Å². The predicted molar refractivity (Wildman–Crippen MR) is 76.8 cm³/mol. The van der Waals surface area contributed by atoms with Gasteiger partial charge < -0.3 is 19.9 Å². The van der Waals surface area contributed by atoms with Crippen LogP contribution in [0.15, 0.2) is 18.2 Å². The number of hydrogen-bond donors (Lipinski definition) is 2. The summed E-state index contributed by atoms with van der Waals surface area (Å²) >= 11 is 0. The van der Waals surface area contributed by atoms with E-state index in [1.54, 1.807) is 7.11 Å². The molecular formula is C15H25NO3. The summed E-state index contributed by atoms with van der Waals surface area (Å²) in [5.41, 5.74) is 1.11. The minimum Gasteiger partial charge on any atom is -0.493 e. The zero-order valence-corrected chi connectivity index (χ0v) is 12.3. The third kappa shape index (κ3) is 5.49. The summed E-state index contributed by atoms with van der Waals surface area (Å²) in [5, 5.41) is 12.7. The van der Waals surface area contributed by atoms with E-state index in [0.717, 1.165) is 23.5 Å². The largest absolute Gasteiger partial charge is 0.493 e. The Bertz CT molecular complexity index is 380. The van der Waals surface area contributed by atoms with Crippen LogP contribution in [0.2, 0.25) is 0 Å². The molecule has 19 heavy (non-hydrogen) atoms.